The standard InChI is InChI=1S/C24H16F4N4O3/c25-18-5-7-19(8-6-18)31-20-9-4-17(12-16(20)13-29-31)23(33,24(26,27)28)14-30-11-10-15-2-1-3-21(22(15)30)32(34)35/h1-13,33H,14H2. The van der Waals surface area contributed by atoms with Gasteiger partial charge in [0.05, 0.1) is 28.9 Å². The van der Waals surface area contributed by atoms with Crippen LogP contribution in [-0.4, -0.2) is 30.6 Å². The van der Waals surface area contributed by atoms with Gasteiger partial charge >= 0.3 is 6.18 Å². The first kappa shape index (κ1) is 22.5. The van der Waals surface area contributed by atoms with Crippen LogP contribution in [0.15, 0.2) is 79.1 Å². The molecule has 1 unspecified atom stereocenters. The summed E-state index contributed by atoms with van der Waals surface area (Å²) in [5.41, 5.74) is -3.23. The van der Waals surface area contributed by atoms with Crippen LogP contribution in [-0.2, 0) is 12.1 Å². The van der Waals surface area contributed by atoms with Gasteiger partial charge in [0.15, 0.2) is 0 Å². The summed E-state index contributed by atoms with van der Waals surface area (Å²) in [5, 5.41) is 27.3. The lowest BCUT2D eigenvalue weighted by atomic mass is 9.91. The summed E-state index contributed by atoms with van der Waals surface area (Å²) in [4.78, 5) is 10.8. The van der Waals surface area contributed by atoms with Gasteiger partial charge in [0.25, 0.3) is 5.69 Å². The summed E-state index contributed by atoms with van der Waals surface area (Å²) in [6, 6.07) is 14.8. The summed E-state index contributed by atoms with van der Waals surface area (Å²) >= 11 is 0. The van der Waals surface area contributed by atoms with Gasteiger partial charge in [0, 0.05) is 23.0 Å². The van der Waals surface area contributed by atoms with Gasteiger partial charge in [-0.15, -0.1) is 0 Å². The third kappa shape index (κ3) is 3.69. The molecule has 0 spiro atoms. The zero-order valence-corrected chi connectivity index (χ0v) is 17.8. The van der Waals surface area contributed by atoms with E-state index in [1.54, 1.807) is 6.07 Å². The second kappa shape index (κ2) is 7.91. The highest BCUT2D eigenvalue weighted by atomic mass is 19.4. The normalized spacial score (nSPS) is 13.9. The maximum atomic E-state index is 14.3. The number of aliphatic hydroxyl groups is 1. The average molecular weight is 484 g/mol. The number of hydrogen-bond acceptors (Lipinski definition) is 4. The molecule has 1 atom stereocenters. The van der Waals surface area contributed by atoms with Gasteiger partial charge in [0.2, 0.25) is 5.60 Å². The molecule has 5 aromatic rings. The number of aromatic nitrogens is 3. The minimum atomic E-state index is -5.10. The van der Waals surface area contributed by atoms with E-state index < -0.39 is 34.6 Å². The Hall–Kier alpha value is -4.25. The van der Waals surface area contributed by atoms with E-state index in [9.17, 15) is 32.8 Å². The van der Waals surface area contributed by atoms with Gasteiger partial charge in [-0.3, -0.25) is 10.1 Å². The molecule has 0 aliphatic carbocycles. The van der Waals surface area contributed by atoms with Crippen LogP contribution >= 0.6 is 0 Å². The predicted molar refractivity (Wildman–Crippen MR) is 120 cm³/mol. The number of nitro benzene ring substituents is 1. The first-order valence-corrected chi connectivity index (χ1v) is 10.3. The molecule has 1 N–H and O–H groups in total. The second-order valence-corrected chi connectivity index (χ2v) is 8.08. The molecule has 0 aliphatic rings. The topological polar surface area (TPSA) is 86.1 Å². The van der Waals surface area contributed by atoms with Gasteiger partial charge in [-0.2, -0.15) is 18.3 Å². The van der Waals surface area contributed by atoms with Crippen LogP contribution in [0.3, 0.4) is 0 Å². The molecule has 7 nitrogen and oxygen atoms in total. The van der Waals surface area contributed by atoms with Crippen molar-refractivity contribution < 1.29 is 27.6 Å². The van der Waals surface area contributed by atoms with Crippen molar-refractivity contribution in [1.29, 1.82) is 0 Å². The van der Waals surface area contributed by atoms with E-state index in [0.29, 0.717) is 22.0 Å². The highest BCUT2D eigenvalue weighted by molar-refractivity contribution is 5.88. The van der Waals surface area contributed by atoms with Crippen LogP contribution in [0.25, 0.3) is 27.5 Å². The molecule has 2 heterocycles. The van der Waals surface area contributed by atoms with Crippen LogP contribution < -0.4 is 0 Å². The number of hydrogen-bond donors (Lipinski definition) is 1. The highest BCUT2D eigenvalue weighted by Gasteiger charge is 2.55. The summed E-state index contributed by atoms with van der Waals surface area (Å²) in [5.74, 6) is -0.444. The Kier molecular flexibility index (Phi) is 5.09. The molecule has 0 bridgehead atoms. The van der Waals surface area contributed by atoms with Gasteiger partial charge in [-0.1, -0.05) is 18.2 Å². The van der Waals surface area contributed by atoms with E-state index in [0.717, 1.165) is 10.6 Å². The zero-order chi connectivity index (χ0) is 25.0. The van der Waals surface area contributed by atoms with Gasteiger partial charge in [-0.05, 0) is 48.0 Å². The van der Waals surface area contributed by atoms with Crippen LogP contribution in [0.2, 0.25) is 0 Å². The molecule has 0 saturated carbocycles. The van der Waals surface area contributed by atoms with Crippen molar-refractivity contribution in [2.24, 2.45) is 0 Å². The molecule has 3 aromatic carbocycles. The Morgan fingerprint density at radius 2 is 1.74 bits per heavy atom. The first-order valence-electron chi connectivity index (χ1n) is 10.3. The summed E-state index contributed by atoms with van der Waals surface area (Å²) in [6.45, 7) is -0.998. The van der Waals surface area contributed by atoms with Crippen molar-refractivity contribution in [2.75, 3.05) is 0 Å². The second-order valence-electron chi connectivity index (χ2n) is 8.08. The third-order valence-electron chi connectivity index (χ3n) is 5.95. The molecule has 5 rings (SSSR count). The summed E-state index contributed by atoms with van der Waals surface area (Å²) in [6.07, 6.45) is -2.48. The number of nitro groups is 1. The number of alkyl halides is 3. The summed E-state index contributed by atoms with van der Waals surface area (Å²) < 4.78 is 58.6. The number of non-ortho nitro benzene ring substituents is 1. The fourth-order valence-electron chi connectivity index (χ4n) is 4.19. The minimum absolute atomic E-state index is 0.0228. The molecule has 0 aliphatic heterocycles. The Morgan fingerprint density at radius 3 is 2.43 bits per heavy atom. The van der Waals surface area contributed by atoms with E-state index in [4.69, 9.17) is 0 Å². The van der Waals surface area contributed by atoms with Gasteiger partial charge in [-0.25, -0.2) is 9.07 Å². The number of fused-ring (bicyclic) bond motifs is 2. The van der Waals surface area contributed by atoms with Crippen LogP contribution in [0.4, 0.5) is 23.2 Å². The van der Waals surface area contributed by atoms with E-state index in [1.165, 1.54) is 71.7 Å². The minimum Gasteiger partial charge on any atom is -0.375 e. The van der Waals surface area contributed by atoms with Crippen LogP contribution in [0.5, 0.6) is 0 Å². The first-order chi connectivity index (χ1) is 16.6. The Bertz CT molecular complexity index is 1570. The quantitative estimate of drug-likeness (QED) is 0.203. The van der Waals surface area contributed by atoms with Crippen molar-refractivity contribution >= 4 is 27.5 Å². The van der Waals surface area contributed by atoms with E-state index >= 15 is 0 Å². The Labute approximate surface area is 194 Å². The molecule has 11 heteroatoms. The van der Waals surface area contributed by atoms with E-state index in [1.807, 2.05) is 0 Å². The Morgan fingerprint density at radius 1 is 1.00 bits per heavy atom. The number of rotatable bonds is 5. The van der Waals surface area contributed by atoms with Crippen molar-refractivity contribution in [3.05, 3.63) is 101 Å². The van der Waals surface area contributed by atoms with Crippen LogP contribution in [0.1, 0.15) is 5.56 Å². The molecular weight excluding hydrogens is 468 g/mol. The van der Waals surface area contributed by atoms with Crippen molar-refractivity contribution in [2.45, 2.75) is 18.3 Å². The Balaban J connectivity index is 1.61. The molecular formula is C24H16F4N4O3. The molecule has 35 heavy (non-hydrogen) atoms. The van der Waals surface area contributed by atoms with Crippen molar-refractivity contribution in [1.82, 2.24) is 14.3 Å². The third-order valence-corrected chi connectivity index (χ3v) is 5.95. The van der Waals surface area contributed by atoms with E-state index in [-0.39, 0.29) is 11.2 Å². The number of nitrogens with zero attached hydrogens (tertiary/aromatic N) is 4. The fraction of sp³-hybridized carbons (Fsp3) is 0.125. The maximum Gasteiger partial charge on any atom is 0.423 e. The summed E-state index contributed by atoms with van der Waals surface area (Å²) in [7, 11) is 0. The van der Waals surface area contributed by atoms with Crippen LogP contribution in [0, 0.1) is 15.9 Å². The monoisotopic (exact) mass is 484 g/mol. The lowest BCUT2D eigenvalue weighted by Gasteiger charge is -2.31. The molecule has 0 amide bonds. The zero-order valence-electron chi connectivity index (χ0n) is 17.8. The molecule has 178 valence electrons. The van der Waals surface area contributed by atoms with Gasteiger partial charge in [0.1, 0.15) is 11.3 Å². The lowest BCUT2D eigenvalue weighted by molar-refractivity contribution is -0.383. The van der Waals surface area contributed by atoms with E-state index in [2.05, 4.69) is 5.10 Å². The molecule has 2 aromatic heterocycles. The highest BCUT2D eigenvalue weighted by Crippen LogP contribution is 2.42. The fourth-order valence-corrected chi connectivity index (χ4v) is 4.19. The molecule has 0 radical (unpaired) electrons. The van der Waals surface area contributed by atoms with Crippen molar-refractivity contribution in [3.8, 4) is 5.69 Å². The maximum absolute atomic E-state index is 14.3. The van der Waals surface area contributed by atoms with Gasteiger partial charge < -0.3 is 9.67 Å². The predicted octanol–water partition coefficient (Wildman–Crippen LogP) is 5.48. The number of para-hydroxylation sites is 1. The average Bonchev–Trinajstić information content (AvgIpc) is 3.42. The SMILES string of the molecule is O=[N+]([O-])c1cccc2ccn(CC(O)(c3ccc4c(cnn4-c4ccc(F)cc4)c3)C(F)(F)F)c12. The molecule has 0 saturated heterocycles. The largest absolute Gasteiger partial charge is 0.423 e. The number of halogens is 4. The lowest BCUT2D eigenvalue weighted by Crippen LogP contribution is -2.45. The smallest absolute Gasteiger partial charge is 0.375 e. The number of benzene rings is 3. The molecule has 0 fully saturated rings. The van der Waals surface area contributed by atoms with Crippen molar-refractivity contribution in [3.63, 3.8) is 0 Å².